The topological polar surface area (TPSA) is 24.1 Å². The van der Waals surface area contributed by atoms with Crippen LogP contribution in [0.5, 0.6) is 0 Å². The van der Waals surface area contributed by atoms with Crippen LogP contribution in [0.1, 0.15) is 13.3 Å². The highest BCUT2D eigenvalue weighted by Gasteiger charge is 2.19. The smallest absolute Gasteiger partial charge is 0.102 e. The summed E-state index contributed by atoms with van der Waals surface area (Å²) in [6.45, 7) is 4.57. The van der Waals surface area contributed by atoms with Gasteiger partial charge in [-0.25, -0.2) is 4.39 Å². The molecule has 2 atom stereocenters. The summed E-state index contributed by atoms with van der Waals surface area (Å²) in [4.78, 5) is 0. The third-order valence-corrected chi connectivity index (χ3v) is 2.37. The molecule has 66 valence electrons. The molecule has 0 bridgehead atoms. The van der Waals surface area contributed by atoms with Crippen molar-refractivity contribution in [3.63, 3.8) is 0 Å². The average Bonchev–Trinajstić information content (AvgIpc) is 2.52. The van der Waals surface area contributed by atoms with Gasteiger partial charge in [-0.2, -0.15) is 0 Å². The van der Waals surface area contributed by atoms with Crippen LogP contribution in [0, 0.1) is 5.92 Å². The third-order valence-electron chi connectivity index (χ3n) is 2.37. The molecule has 1 fully saturated rings. The minimum absolute atomic E-state index is 0.259. The summed E-state index contributed by atoms with van der Waals surface area (Å²) in [5.41, 5.74) is 0. The van der Waals surface area contributed by atoms with Crippen molar-refractivity contribution in [2.24, 2.45) is 5.92 Å². The molecule has 0 amide bonds. The summed E-state index contributed by atoms with van der Waals surface area (Å²) < 4.78 is 11.8. The number of halogens is 1. The van der Waals surface area contributed by atoms with E-state index in [2.05, 4.69) is 17.6 Å². The van der Waals surface area contributed by atoms with E-state index in [4.69, 9.17) is 0 Å². The van der Waals surface area contributed by atoms with E-state index in [0.717, 1.165) is 13.1 Å². The molecule has 0 aromatic carbocycles. The van der Waals surface area contributed by atoms with Gasteiger partial charge in [0.25, 0.3) is 0 Å². The van der Waals surface area contributed by atoms with Gasteiger partial charge >= 0.3 is 0 Å². The van der Waals surface area contributed by atoms with Crippen LogP contribution in [-0.4, -0.2) is 32.4 Å². The van der Waals surface area contributed by atoms with E-state index in [-0.39, 0.29) is 6.67 Å². The molecule has 0 spiro atoms. The van der Waals surface area contributed by atoms with Crippen LogP contribution in [0.25, 0.3) is 0 Å². The fraction of sp³-hybridized carbons (Fsp3) is 1.00. The molecule has 2 N–H and O–H groups in total. The van der Waals surface area contributed by atoms with E-state index < -0.39 is 0 Å². The first kappa shape index (κ1) is 8.94. The van der Waals surface area contributed by atoms with Crippen LogP contribution >= 0.6 is 0 Å². The highest BCUT2D eigenvalue weighted by Crippen LogP contribution is 2.11. The molecule has 11 heavy (non-hydrogen) atoms. The molecule has 0 saturated carbocycles. The lowest BCUT2D eigenvalue weighted by Crippen LogP contribution is -2.35. The SMILES string of the molecule is C[C@H](NCCF)[C@@H]1CCNC1. The van der Waals surface area contributed by atoms with Gasteiger partial charge in [0.2, 0.25) is 0 Å². The second-order valence-corrected chi connectivity index (χ2v) is 3.18. The van der Waals surface area contributed by atoms with Gasteiger partial charge in [-0.05, 0) is 32.4 Å². The second kappa shape index (κ2) is 4.67. The minimum atomic E-state index is -0.259. The van der Waals surface area contributed by atoms with Gasteiger partial charge in [0.1, 0.15) is 6.67 Å². The molecule has 1 saturated heterocycles. The molecule has 0 aliphatic carbocycles. The Hall–Kier alpha value is -0.150. The monoisotopic (exact) mass is 160 g/mol. The van der Waals surface area contributed by atoms with Gasteiger partial charge in [0.15, 0.2) is 0 Å². The van der Waals surface area contributed by atoms with Crippen molar-refractivity contribution in [1.29, 1.82) is 0 Å². The molecule has 0 unspecified atom stereocenters. The van der Waals surface area contributed by atoms with Crippen LogP contribution in [0.2, 0.25) is 0 Å². The van der Waals surface area contributed by atoms with Crippen molar-refractivity contribution in [3.8, 4) is 0 Å². The average molecular weight is 160 g/mol. The first-order chi connectivity index (χ1) is 5.34. The quantitative estimate of drug-likeness (QED) is 0.627. The Balaban J connectivity index is 2.12. The summed E-state index contributed by atoms with van der Waals surface area (Å²) in [5.74, 6) is 0.696. The highest BCUT2D eigenvalue weighted by atomic mass is 19.1. The summed E-state index contributed by atoms with van der Waals surface area (Å²) in [6.07, 6.45) is 1.22. The molecule has 0 aromatic rings. The molecule has 3 heteroatoms. The van der Waals surface area contributed by atoms with Crippen LogP contribution in [-0.2, 0) is 0 Å². The lowest BCUT2D eigenvalue weighted by Gasteiger charge is -2.18. The van der Waals surface area contributed by atoms with Crippen molar-refractivity contribution < 1.29 is 4.39 Å². The van der Waals surface area contributed by atoms with E-state index in [1.54, 1.807) is 0 Å². The van der Waals surface area contributed by atoms with Crippen LogP contribution < -0.4 is 10.6 Å². The largest absolute Gasteiger partial charge is 0.316 e. The standard InChI is InChI=1S/C8H17FN2/c1-7(11-5-3-9)8-2-4-10-6-8/h7-8,10-11H,2-6H2,1H3/t7-,8+/m0/s1. The van der Waals surface area contributed by atoms with E-state index >= 15 is 0 Å². The summed E-state index contributed by atoms with van der Waals surface area (Å²) in [7, 11) is 0. The summed E-state index contributed by atoms with van der Waals surface area (Å²) in [6, 6.07) is 0.459. The Morgan fingerprint density at radius 3 is 3.09 bits per heavy atom. The highest BCUT2D eigenvalue weighted by molar-refractivity contribution is 4.79. The lowest BCUT2D eigenvalue weighted by atomic mass is 10.0. The normalized spacial score (nSPS) is 27.3. The van der Waals surface area contributed by atoms with E-state index in [1.807, 2.05) is 0 Å². The predicted octanol–water partition coefficient (Wildman–Crippen LogP) is 0.543. The molecule has 0 radical (unpaired) electrons. The predicted molar refractivity (Wildman–Crippen MR) is 44.4 cm³/mol. The molecular formula is C8H17FN2. The summed E-state index contributed by atoms with van der Waals surface area (Å²) >= 11 is 0. The van der Waals surface area contributed by atoms with Crippen LogP contribution in [0.15, 0.2) is 0 Å². The van der Waals surface area contributed by atoms with Crippen LogP contribution in [0.4, 0.5) is 4.39 Å². The zero-order chi connectivity index (χ0) is 8.10. The molecule has 0 aromatic heterocycles. The maximum absolute atomic E-state index is 11.8. The van der Waals surface area contributed by atoms with Crippen LogP contribution in [0.3, 0.4) is 0 Å². The lowest BCUT2D eigenvalue weighted by molar-refractivity contribution is 0.371. The molecule has 1 aliphatic rings. The first-order valence-electron chi connectivity index (χ1n) is 4.34. The van der Waals surface area contributed by atoms with Crippen molar-refractivity contribution in [2.45, 2.75) is 19.4 Å². The third kappa shape index (κ3) is 2.75. The number of alkyl halides is 1. The van der Waals surface area contributed by atoms with Crippen molar-refractivity contribution in [3.05, 3.63) is 0 Å². The van der Waals surface area contributed by atoms with Gasteiger partial charge in [-0.1, -0.05) is 0 Å². The van der Waals surface area contributed by atoms with E-state index in [0.29, 0.717) is 18.5 Å². The summed E-state index contributed by atoms with van der Waals surface area (Å²) in [5, 5.41) is 6.46. The van der Waals surface area contributed by atoms with E-state index in [9.17, 15) is 4.39 Å². The van der Waals surface area contributed by atoms with Crippen molar-refractivity contribution >= 4 is 0 Å². The molecule has 1 aliphatic heterocycles. The molecular weight excluding hydrogens is 143 g/mol. The zero-order valence-electron chi connectivity index (χ0n) is 7.07. The fourth-order valence-corrected chi connectivity index (χ4v) is 1.55. The molecule has 2 nitrogen and oxygen atoms in total. The van der Waals surface area contributed by atoms with Gasteiger partial charge in [-0.3, -0.25) is 0 Å². The number of rotatable bonds is 4. The Morgan fingerprint density at radius 1 is 1.73 bits per heavy atom. The van der Waals surface area contributed by atoms with Crippen molar-refractivity contribution in [2.75, 3.05) is 26.3 Å². The molecule has 1 heterocycles. The molecule has 1 rings (SSSR count). The zero-order valence-corrected chi connectivity index (χ0v) is 7.07. The Labute approximate surface area is 67.6 Å². The van der Waals surface area contributed by atoms with Gasteiger partial charge in [0.05, 0.1) is 0 Å². The Morgan fingerprint density at radius 2 is 2.55 bits per heavy atom. The Bertz CT molecular complexity index is 102. The second-order valence-electron chi connectivity index (χ2n) is 3.18. The maximum atomic E-state index is 11.8. The maximum Gasteiger partial charge on any atom is 0.102 e. The fourth-order valence-electron chi connectivity index (χ4n) is 1.55. The van der Waals surface area contributed by atoms with Gasteiger partial charge in [-0.15, -0.1) is 0 Å². The van der Waals surface area contributed by atoms with E-state index in [1.165, 1.54) is 6.42 Å². The number of nitrogens with one attached hydrogen (secondary N) is 2. The van der Waals surface area contributed by atoms with Gasteiger partial charge in [0, 0.05) is 12.6 Å². The minimum Gasteiger partial charge on any atom is -0.316 e. The number of hydrogen-bond acceptors (Lipinski definition) is 2. The van der Waals surface area contributed by atoms with Gasteiger partial charge < -0.3 is 10.6 Å². The number of hydrogen-bond donors (Lipinski definition) is 2. The Kier molecular flexibility index (Phi) is 3.80. The first-order valence-corrected chi connectivity index (χ1v) is 4.34. The van der Waals surface area contributed by atoms with Crippen molar-refractivity contribution in [1.82, 2.24) is 10.6 Å².